The molecular weight excluding hydrogens is 534 g/mol. The van der Waals surface area contributed by atoms with E-state index in [9.17, 15) is 0 Å². The maximum absolute atomic E-state index is 5.07. The summed E-state index contributed by atoms with van der Waals surface area (Å²) in [6.45, 7) is 2.19. The van der Waals surface area contributed by atoms with Gasteiger partial charge in [0, 0.05) is 16.7 Å². The van der Waals surface area contributed by atoms with E-state index < -0.39 is 5.41 Å². The number of benzene rings is 6. The molecule has 0 amide bonds. The zero-order valence-electron chi connectivity index (χ0n) is 24.2. The molecule has 3 nitrogen and oxygen atoms in total. The van der Waals surface area contributed by atoms with Crippen molar-refractivity contribution in [2.24, 2.45) is 0 Å². The summed E-state index contributed by atoms with van der Waals surface area (Å²) < 4.78 is 0. The number of rotatable bonds is 3. The molecule has 0 saturated carbocycles. The Morgan fingerprint density at radius 3 is 1.36 bits per heavy atom. The summed E-state index contributed by atoms with van der Waals surface area (Å²) in [6.07, 6.45) is 0. The van der Waals surface area contributed by atoms with Crippen molar-refractivity contribution < 1.29 is 0 Å². The Morgan fingerprint density at radius 1 is 0.364 bits per heavy atom. The third kappa shape index (κ3) is 3.47. The van der Waals surface area contributed by atoms with Gasteiger partial charge in [-0.25, -0.2) is 15.0 Å². The lowest BCUT2D eigenvalue weighted by Gasteiger charge is -2.31. The van der Waals surface area contributed by atoms with Gasteiger partial charge in [0.05, 0.1) is 5.41 Å². The van der Waals surface area contributed by atoms with Crippen LogP contribution in [0.25, 0.3) is 56.4 Å². The fraction of sp³-hybridized carbons (Fsp3) is 0.0488. The quantitative estimate of drug-likeness (QED) is 0.216. The molecule has 2 aliphatic carbocycles. The number of aryl methyl sites for hydroxylation is 1. The van der Waals surface area contributed by atoms with Crippen LogP contribution >= 0.6 is 0 Å². The molecule has 1 aromatic heterocycles. The minimum atomic E-state index is -0.419. The molecule has 206 valence electrons. The average Bonchev–Trinajstić information content (AvgIpc) is 3.55. The molecule has 0 N–H and O–H groups in total. The Kier molecular flexibility index (Phi) is 5.33. The molecule has 0 fully saturated rings. The van der Waals surface area contributed by atoms with Crippen LogP contribution in [0.15, 0.2) is 146 Å². The second-order valence-electron chi connectivity index (χ2n) is 11.7. The minimum Gasteiger partial charge on any atom is -0.208 e. The van der Waals surface area contributed by atoms with Crippen molar-refractivity contribution in [3.63, 3.8) is 0 Å². The fourth-order valence-electron chi connectivity index (χ4n) is 7.33. The zero-order chi connectivity index (χ0) is 29.3. The van der Waals surface area contributed by atoms with Crippen LogP contribution in [0.1, 0.15) is 27.8 Å². The van der Waals surface area contributed by atoms with Gasteiger partial charge in [-0.15, -0.1) is 0 Å². The number of nitrogens with zero attached hydrogens (tertiary/aromatic N) is 3. The van der Waals surface area contributed by atoms with Gasteiger partial charge in [0.1, 0.15) is 0 Å². The van der Waals surface area contributed by atoms with Crippen LogP contribution in [0.2, 0.25) is 0 Å². The summed E-state index contributed by atoms with van der Waals surface area (Å²) >= 11 is 0. The molecule has 0 saturated heterocycles. The van der Waals surface area contributed by atoms with Crippen molar-refractivity contribution >= 4 is 0 Å². The molecule has 0 radical (unpaired) electrons. The molecule has 1 atom stereocenters. The molecule has 0 bridgehead atoms. The SMILES string of the molecule is Cc1ccc2c(c1)C1(c3ccccc3-2)c2ccccc2-c2ccc(-c3nc(-c4ccccc4)nc(-c4ccccc4)n3)cc21. The van der Waals surface area contributed by atoms with Crippen LogP contribution < -0.4 is 0 Å². The first-order chi connectivity index (χ1) is 21.7. The van der Waals surface area contributed by atoms with Crippen molar-refractivity contribution in [1.82, 2.24) is 15.0 Å². The Labute approximate surface area is 256 Å². The second-order valence-corrected chi connectivity index (χ2v) is 11.7. The van der Waals surface area contributed by atoms with Crippen molar-refractivity contribution in [3.8, 4) is 56.4 Å². The van der Waals surface area contributed by atoms with E-state index in [0.717, 1.165) is 16.7 Å². The van der Waals surface area contributed by atoms with E-state index in [1.807, 2.05) is 36.4 Å². The predicted octanol–water partition coefficient (Wildman–Crippen LogP) is 9.52. The molecule has 1 spiro atoms. The number of hydrogen-bond donors (Lipinski definition) is 0. The fourth-order valence-corrected chi connectivity index (χ4v) is 7.33. The van der Waals surface area contributed by atoms with Gasteiger partial charge in [0.15, 0.2) is 17.5 Å². The van der Waals surface area contributed by atoms with E-state index in [4.69, 9.17) is 15.0 Å². The van der Waals surface area contributed by atoms with E-state index in [0.29, 0.717) is 17.5 Å². The highest BCUT2D eigenvalue weighted by molar-refractivity contribution is 5.95. The van der Waals surface area contributed by atoms with Gasteiger partial charge < -0.3 is 0 Å². The summed E-state index contributed by atoms with van der Waals surface area (Å²) in [6, 6.07) is 51.8. The van der Waals surface area contributed by atoms with Crippen LogP contribution in [-0.2, 0) is 5.41 Å². The van der Waals surface area contributed by atoms with Crippen molar-refractivity contribution in [2.45, 2.75) is 12.3 Å². The van der Waals surface area contributed by atoms with Gasteiger partial charge in [-0.2, -0.15) is 0 Å². The highest BCUT2D eigenvalue weighted by Crippen LogP contribution is 2.63. The first-order valence-corrected chi connectivity index (χ1v) is 15.0. The second kappa shape index (κ2) is 9.42. The van der Waals surface area contributed by atoms with Gasteiger partial charge in [-0.05, 0) is 57.5 Å². The summed E-state index contributed by atoms with van der Waals surface area (Å²) in [7, 11) is 0. The maximum atomic E-state index is 5.07. The summed E-state index contributed by atoms with van der Waals surface area (Å²) in [4.78, 5) is 15.1. The number of fused-ring (bicyclic) bond motifs is 10. The van der Waals surface area contributed by atoms with Crippen molar-refractivity contribution in [1.29, 1.82) is 0 Å². The van der Waals surface area contributed by atoms with Crippen molar-refractivity contribution in [2.75, 3.05) is 0 Å². The summed E-state index contributed by atoms with van der Waals surface area (Å²) in [5.41, 5.74) is 14.2. The molecule has 44 heavy (non-hydrogen) atoms. The molecule has 1 unspecified atom stereocenters. The van der Waals surface area contributed by atoms with Gasteiger partial charge >= 0.3 is 0 Å². The van der Waals surface area contributed by atoms with Gasteiger partial charge in [0.25, 0.3) is 0 Å². The highest BCUT2D eigenvalue weighted by Gasteiger charge is 2.51. The molecule has 1 heterocycles. The highest BCUT2D eigenvalue weighted by atomic mass is 15.0. The molecule has 0 aliphatic heterocycles. The first-order valence-electron chi connectivity index (χ1n) is 15.0. The summed E-state index contributed by atoms with van der Waals surface area (Å²) in [5.74, 6) is 2.00. The van der Waals surface area contributed by atoms with Crippen molar-refractivity contribution in [3.05, 3.63) is 173 Å². The van der Waals surface area contributed by atoms with Crippen LogP contribution in [0.4, 0.5) is 0 Å². The lowest BCUT2D eigenvalue weighted by molar-refractivity contribution is 0.792. The van der Waals surface area contributed by atoms with E-state index in [-0.39, 0.29) is 0 Å². The largest absolute Gasteiger partial charge is 0.208 e. The molecule has 6 aromatic carbocycles. The van der Waals surface area contributed by atoms with Crippen LogP contribution in [0, 0.1) is 6.92 Å². The smallest absolute Gasteiger partial charge is 0.164 e. The van der Waals surface area contributed by atoms with E-state index >= 15 is 0 Å². The topological polar surface area (TPSA) is 38.7 Å². The lowest BCUT2D eigenvalue weighted by Crippen LogP contribution is -2.26. The normalized spacial score (nSPS) is 15.5. The third-order valence-corrected chi connectivity index (χ3v) is 9.20. The van der Waals surface area contributed by atoms with Gasteiger partial charge in [-0.3, -0.25) is 0 Å². The molecule has 7 aromatic rings. The molecular formula is C41H27N3. The lowest BCUT2D eigenvalue weighted by atomic mass is 9.70. The van der Waals surface area contributed by atoms with Gasteiger partial charge in [-0.1, -0.05) is 145 Å². The molecule has 2 aliphatic rings. The maximum Gasteiger partial charge on any atom is 0.164 e. The Hall–Kier alpha value is -5.67. The zero-order valence-corrected chi connectivity index (χ0v) is 24.2. The number of aromatic nitrogens is 3. The summed E-state index contributed by atoms with van der Waals surface area (Å²) in [5, 5.41) is 0. The molecule has 9 rings (SSSR count). The average molecular weight is 562 g/mol. The van der Waals surface area contributed by atoms with Crippen LogP contribution in [-0.4, -0.2) is 15.0 Å². The van der Waals surface area contributed by atoms with Crippen LogP contribution in [0.3, 0.4) is 0 Å². The Morgan fingerprint density at radius 2 is 0.795 bits per heavy atom. The standard InChI is InChI=1S/C41H27N3/c1-26-20-22-32-30-16-8-10-18-34(30)41(36(32)24-26)35-19-11-9-17-31(35)33-23-21-29(25-37(33)41)40-43-38(27-12-4-2-5-13-27)42-39(44-40)28-14-6-3-7-15-28/h2-25H,1H3. The Balaban J connectivity index is 1.33. The monoisotopic (exact) mass is 561 g/mol. The number of hydrogen-bond acceptors (Lipinski definition) is 3. The van der Waals surface area contributed by atoms with Gasteiger partial charge in [0.2, 0.25) is 0 Å². The third-order valence-electron chi connectivity index (χ3n) is 9.20. The minimum absolute atomic E-state index is 0.419. The van der Waals surface area contributed by atoms with E-state index in [1.54, 1.807) is 0 Å². The Bertz CT molecular complexity index is 2170. The van der Waals surface area contributed by atoms with E-state index in [1.165, 1.54) is 50.1 Å². The van der Waals surface area contributed by atoms with Crippen LogP contribution in [0.5, 0.6) is 0 Å². The van der Waals surface area contributed by atoms with E-state index in [2.05, 4.69) is 116 Å². The molecule has 3 heteroatoms. The first kappa shape index (κ1) is 24.9. The predicted molar refractivity (Wildman–Crippen MR) is 177 cm³/mol.